The lowest BCUT2D eigenvalue weighted by molar-refractivity contribution is 0.0934. The van der Waals surface area contributed by atoms with Gasteiger partial charge in [-0.1, -0.05) is 24.0 Å². The molecule has 2 aromatic rings. The number of rotatable bonds is 3. The van der Waals surface area contributed by atoms with Crippen LogP contribution in [0.3, 0.4) is 0 Å². The van der Waals surface area contributed by atoms with E-state index in [1.807, 2.05) is 31.2 Å². The van der Waals surface area contributed by atoms with E-state index in [1.165, 1.54) is 18.6 Å². The smallest absolute Gasteiger partial charge is 0.271 e. The highest BCUT2D eigenvalue weighted by Crippen LogP contribution is 2.14. The summed E-state index contributed by atoms with van der Waals surface area (Å²) in [5, 5.41) is 11.6. The van der Waals surface area contributed by atoms with E-state index in [0.717, 1.165) is 11.1 Å². The topological polar surface area (TPSA) is 75.1 Å². The van der Waals surface area contributed by atoms with Gasteiger partial charge in [0.1, 0.15) is 12.3 Å². The average molecular weight is 281 g/mol. The summed E-state index contributed by atoms with van der Waals surface area (Å²) in [6, 6.07) is 7.32. The van der Waals surface area contributed by atoms with Gasteiger partial charge in [0.05, 0.1) is 12.2 Å². The molecule has 0 bridgehead atoms. The second kappa shape index (κ2) is 7.17. The van der Waals surface area contributed by atoms with Crippen LogP contribution in [0.4, 0.5) is 0 Å². The summed E-state index contributed by atoms with van der Waals surface area (Å²) in [6.07, 6.45) is 4.42. The molecular weight excluding hydrogens is 266 g/mol. The normalized spacial score (nSPS) is 11.1. The van der Waals surface area contributed by atoms with Gasteiger partial charge in [-0.25, -0.2) is 4.98 Å². The lowest BCUT2D eigenvalue weighted by atomic mass is 10.1. The van der Waals surface area contributed by atoms with Gasteiger partial charge in [-0.15, -0.1) is 0 Å². The minimum Gasteiger partial charge on any atom is -0.384 e. The number of hydrogen-bond donors (Lipinski definition) is 2. The van der Waals surface area contributed by atoms with Crippen molar-refractivity contribution in [3.8, 4) is 11.8 Å². The quantitative estimate of drug-likeness (QED) is 0.832. The summed E-state index contributed by atoms with van der Waals surface area (Å²) in [5.74, 6) is 5.16. The van der Waals surface area contributed by atoms with E-state index in [-0.39, 0.29) is 24.2 Å². The van der Waals surface area contributed by atoms with Crippen molar-refractivity contribution in [2.24, 2.45) is 0 Å². The summed E-state index contributed by atoms with van der Waals surface area (Å²) in [5.41, 5.74) is 2.00. The van der Waals surface area contributed by atoms with Crippen molar-refractivity contribution in [1.82, 2.24) is 15.3 Å². The van der Waals surface area contributed by atoms with E-state index >= 15 is 0 Å². The first-order valence-electron chi connectivity index (χ1n) is 6.47. The average Bonchev–Trinajstić information content (AvgIpc) is 2.54. The van der Waals surface area contributed by atoms with E-state index in [2.05, 4.69) is 27.1 Å². The molecule has 0 fully saturated rings. The molecule has 2 N–H and O–H groups in total. The maximum absolute atomic E-state index is 12.0. The highest BCUT2D eigenvalue weighted by Gasteiger charge is 2.12. The van der Waals surface area contributed by atoms with Gasteiger partial charge in [0.15, 0.2) is 0 Å². The fourth-order valence-corrected chi connectivity index (χ4v) is 1.80. The lowest BCUT2D eigenvalue weighted by Crippen LogP contribution is -2.27. The largest absolute Gasteiger partial charge is 0.384 e. The molecule has 0 aliphatic rings. The number of amides is 1. The second-order valence-electron chi connectivity index (χ2n) is 4.37. The van der Waals surface area contributed by atoms with E-state index in [1.54, 1.807) is 0 Å². The first kappa shape index (κ1) is 14.7. The summed E-state index contributed by atoms with van der Waals surface area (Å²) in [4.78, 5) is 19.8. The first-order valence-corrected chi connectivity index (χ1v) is 6.47. The number of carbonyl (C=O) groups excluding carboxylic acids is 1. The standard InChI is InChI=1S/C16H15N3O2/c1-12(19-16(21)15-11-17-7-8-18-15)14-6-2-4-13(10-14)5-3-9-20/h2,4,6-8,10-12,20H,9H2,1H3,(H,19,21). The Labute approximate surface area is 123 Å². The molecule has 1 amide bonds. The number of carbonyl (C=O) groups is 1. The Bertz CT molecular complexity index is 675. The van der Waals surface area contributed by atoms with E-state index in [0.29, 0.717) is 0 Å². The molecule has 0 saturated heterocycles. The molecule has 0 radical (unpaired) electrons. The molecule has 1 heterocycles. The molecule has 2 rings (SSSR count). The molecule has 0 saturated carbocycles. The molecule has 1 aromatic heterocycles. The second-order valence-corrected chi connectivity index (χ2v) is 4.37. The molecule has 21 heavy (non-hydrogen) atoms. The van der Waals surface area contributed by atoms with Crippen molar-refractivity contribution in [3.63, 3.8) is 0 Å². The highest BCUT2D eigenvalue weighted by molar-refractivity contribution is 5.92. The number of nitrogens with one attached hydrogen (secondary N) is 1. The third-order valence-corrected chi connectivity index (χ3v) is 2.84. The van der Waals surface area contributed by atoms with Crippen molar-refractivity contribution in [2.45, 2.75) is 13.0 Å². The van der Waals surface area contributed by atoms with Crippen LogP contribution >= 0.6 is 0 Å². The predicted molar refractivity (Wildman–Crippen MR) is 78.3 cm³/mol. The Morgan fingerprint density at radius 3 is 3.00 bits per heavy atom. The number of aliphatic hydroxyl groups excluding tert-OH is 1. The summed E-state index contributed by atoms with van der Waals surface area (Å²) >= 11 is 0. The van der Waals surface area contributed by atoms with Crippen LogP contribution in [0.1, 0.15) is 34.6 Å². The van der Waals surface area contributed by atoms with Gasteiger partial charge in [0.25, 0.3) is 5.91 Å². The van der Waals surface area contributed by atoms with Crippen LogP contribution in [-0.4, -0.2) is 27.6 Å². The van der Waals surface area contributed by atoms with Gasteiger partial charge in [-0.3, -0.25) is 9.78 Å². The van der Waals surface area contributed by atoms with Gasteiger partial charge in [-0.2, -0.15) is 0 Å². The molecule has 106 valence electrons. The molecule has 0 aliphatic carbocycles. The van der Waals surface area contributed by atoms with Crippen LogP contribution in [0.25, 0.3) is 0 Å². The maximum atomic E-state index is 12.0. The van der Waals surface area contributed by atoms with E-state index in [9.17, 15) is 4.79 Å². The molecule has 5 heteroatoms. The molecule has 1 unspecified atom stereocenters. The molecule has 5 nitrogen and oxygen atoms in total. The number of benzene rings is 1. The van der Waals surface area contributed by atoms with Gasteiger partial charge < -0.3 is 10.4 Å². The summed E-state index contributed by atoms with van der Waals surface area (Å²) in [6.45, 7) is 1.70. The van der Waals surface area contributed by atoms with E-state index in [4.69, 9.17) is 5.11 Å². The third-order valence-electron chi connectivity index (χ3n) is 2.84. The Morgan fingerprint density at radius 1 is 1.43 bits per heavy atom. The zero-order chi connectivity index (χ0) is 15.1. The van der Waals surface area contributed by atoms with Crippen LogP contribution < -0.4 is 5.32 Å². The van der Waals surface area contributed by atoms with Gasteiger partial charge in [0.2, 0.25) is 0 Å². The molecule has 0 spiro atoms. The molecule has 1 aromatic carbocycles. The van der Waals surface area contributed by atoms with Crippen molar-refractivity contribution in [1.29, 1.82) is 0 Å². The SMILES string of the molecule is CC(NC(=O)c1cnccn1)c1cccc(C#CCO)c1. The van der Waals surface area contributed by atoms with Gasteiger partial charge in [0, 0.05) is 18.0 Å². The van der Waals surface area contributed by atoms with Crippen LogP contribution in [0, 0.1) is 11.8 Å². The zero-order valence-corrected chi connectivity index (χ0v) is 11.6. The van der Waals surface area contributed by atoms with E-state index < -0.39 is 0 Å². The Balaban J connectivity index is 2.10. The number of aliphatic hydroxyl groups is 1. The Kier molecular flexibility index (Phi) is 5.02. The van der Waals surface area contributed by atoms with Crippen LogP contribution in [-0.2, 0) is 0 Å². The third kappa shape index (κ3) is 4.13. The molecule has 0 aliphatic heterocycles. The number of nitrogens with zero attached hydrogens (tertiary/aromatic N) is 2. The van der Waals surface area contributed by atoms with Crippen LogP contribution in [0.15, 0.2) is 42.9 Å². The van der Waals surface area contributed by atoms with Crippen molar-refractivity contribution in [3.05, 3.63) is 59.7 Å². The fourth-order valence-electron chi connectivity index (χ4n) is 1.80. The van der Waals surface area contributed by atoms with Crippen molar-refractivity contribution in [2.75, 3.05) is 6.61 Å². The summed E-state index contributed by atoms with van der Waals surface area (Å²) in [7, 11) is 0. The summed E-state index contributed by atoms with van der Waals surface area (Å²) < 4.78 is 0. The fraction of sp³-hybridized carbons (Fsp3) is 0.188. The van der Waals surface area contributed by atoms with Gasteiger partial charge >= 0.3 is 0 Å². The molecule has 1 atom stereocenters. The van der Waals surface area contributed by atoms with Crippen LogP contribution in [0.2, 0.25) is 0 Å². The Hall–Kier alpha value is -2.71. The number of hydrogen-bond acceptors (Lipinski definition) is 4. The first-order chi connectivity index (χ1) is 10.2. The highest BCUT2D eigenvalue weighted by atomic mass is 16.2. The van der Waals surface area contributed by atoms with Crippen molar-refractivity contribution < 1.29 is 9.90 Å². The lowest BCUT2D eigenvalue weighted by Gasteiger charge is -2.14. The maximum Gasteiger partial charge on any atom is 0.271 e. The zero-order valence-electron chi connectivity index (χ0n) is 11.6. The Morgan fingerprint density at radius 2 is 2.29 bits per heavy atom. The minimum atomic E-state index is -0.276. The molecular formula is C16H15N3O2. The predicted octanol–water partition coefficient (Wildman–Crippen LogP) is 1.31. The minimum absolute atomic E-state index is 0.177. The van der Waals surface area contributed by atoms with Gasteiger partial charge in [-0.05, 0) is 24.6 Å². The van der Waals surface area contributed by atoms with Crippen molar-refractivity contribution >= 4 is 5.91 Å². The number of aromatic nitrogens is 2. The van der Waals surface area contributed by atoms with Crippen LogP contribution in [0.5, 0.6) is 0 Å². The monoisotopic (exact) mass is 281 g/mol.